The second-order valence-corrected chi connectivity index (χ2v) is 5.62. The summed E-state index contributed by atoms with van der Waals surface area (Å²) in [5, 5.41) is 3.43. The Balaban J connectivity index is 2.00. The highest BCUT2D eigenvalue weighted by molar-refractivity contribution is 5.34. The molecule has 0 saturated carbocycles. The first-order valence-electron chi connectivity index (χ1n) is 6.86. The summed E-state index contributed by atoms with van der Waals surface area (Å²) in [6, 6.07) is 4.15. The average Bonchev–Trinajstić information content (AvgIpc) is 2.90. The number of nitrogens with one attached hydrogen (secondary N) is 1. The quantitative estimate of drug-likeness (QED) is 0.896. The summed E-state index contributed by atoms with van der Waals surface area (Å²) in [5.41, 5.74) is 3.63. The second-order valence-electron chi connectivity index (χ2n) is 5.62. The van der Waals surface area contributed by atoms with Crippen LogP contribution in [0.4, 0.5) is 0 Å². The van der Waals surface area contributed by atoms with Gasteiger partial charge in [0.2, 0.25) is 0 Å². The molecular formula is C15H20N4. The van der Waals surface area contributed by atoms with Gasteiger partial charge in [0, 0.05) is 23.0 Å². The van der Waals surface area contributed by atoms with Gasteiger partial charge in [-0.25, -0.2) is 4.98 Å². The van der Waals surface area contributed by atoms with Crippen LogP contribution in [0.2, 0.25) is 0 Å². The Labute approximate surface area is 113 Å². The molecule has 19 heavy (non-hydrogen) atoms. The molecule has 0 aliphatic carbocycles. The monoisotopic (exact) mass is 256 g/mol. The molecule has 0 spiro atoms. The third-order valence-corrected chi connectivity index (χ3v) is 4.14. The lowest BCUT2D eigenvalue weighted by Gasteiger charge is -2.34. The zero-order chi connectivity index (χ0) is 13.3. The SMILES string of the molecule is Cc1ccc(-n2cncc2C2(C)CCNCC2)cn1. The van der Waals surface area contributed by atoms with E-state index in [1.165, 1.54) is 5.69 Å². The molecule has 0 bridgehead atoms. The molecule has 3 rings (SSSR count). The molecule has 0 atom stereocenters. The van der Waals surface area contributed by atoms with Gasteiger partial charge in [0.1, 0.15) is 0 Å². The van der Waals surface area contributed by atoms with Crippen LogP contribution in [0.25, 0.3) is 5.69 Å². The molecule has 0 aromatic carbocycles. The lowest BCUT2D eigenvalue weighted by atomic mass is 9.78. The van der Waals surface area contributed by atoms with E-state index in [2.05, 4.69) is 32.8 Å². The van der Waals surface area contributed by atoms with E-state index in [-0.39, 0.29) is 5.41 Å². The lowest BCUT2D eigenvalue weighted by Crippen LogP contribution is -2.38. The normalized spacial score (nSPS) is 18.4. The van der Waals surface area contributed by atoms with E-state index < -0.39 is 0 Å². The first-order chi connectivity index (χ1) is 9.19. The molecule has 2 aromatic rings. The third kappa shape index (κ3) is 2.28. The Kier molecular flexibility index (Phi) is 3.11. The molecule has 1 fully saturated rings. The highest BCUT2D eigenvalue weighted by Crippen LogP contribution is 2.33. The number of aryl methyl sites for hydroxylation is 1. The Hall–Kier alpha value is -1.68. The Morgan fingerprint density at radius 1 is 1.21 bits per heavy atom. The fraction of sp³-hybridized carbons (Fsp3) is 0.467. The molecule has 0 unspecified atom stereocenters. The van der Waals surface area contributed by atoms with E-state index in [9.17, 15) is 0 Å². The highest BCUT2D eigenvalue weighted by atomic mass is 15.1. The van der Waals surface area contributed by atoms with E-state index in [1.54, 1.807) is 0 Å². The highest BCUT2D eigenvalue weighted by Gasteiger charge is 2.31. The molecule has 4 nitrogen and oxygen atoms in total. The summed E-state index contributed by atoms with van der Waals surface area (Å²) in [6.45, 7) is 6.50. The topological polar surface area (TPSA) is 42.7 Å². The second kappa shape index (κ2) is 4.78. The predicted octanol–water partition coefficient (Wildman–Crippen LogP) is 2.22. The summed E-state index contributed by atoms with van der Waals surface area (Å²) in [4.78, 5) is 8.74. The number of pyridine rings is 1. The molecule has 3 heterocycles. The molecule has 100 valence electrons. The van der Waals surface area contributed by atoms with Crippen molar-refractivity contribution in [1.29, 1.82) is 0 Å². The number of imidazole rings is 1. The largest absolute Gasteiger partial charge is 0.317 e. The van der Waals surface area contributed by atoms with Crippen molar-refractivity contribution in [2.45, 2.75) is 32.1 Å². The number of nitrogens with zero attached hydrogens (tertiary/aromatic N) is 3. The van der Waals surface area contributed by atoms with Crippen molar-refractivity contribution >= 4 is 0 Å². The Bertz CT molecular complexity index is 550. The maximum atomic E-state index is 4.38. The van der Waals surface area contributed by atoms with Crippen molar-refractivity contribution in [2.24, 2.45) is 0 Å². The summed E-state index contributed by atoms with van der Waals surface area (Å²) in [7, 11) is 0. The van der Waals surface area contributed by atoms with Crippen molar-refractivity contribution in [3.63, 3.8) is 0 Å². The van der Waals surface area contributed by atoms with Gasteiger partial charge in [0.05, 0.1) is 18.2 Å². The third-order valence-electron chi connectivity index (χ3n) is 4.14. The fourth-order valence-electron chi connectivity index (χ4n) is 2.78. The van der Waals surface area contributed by atoms with Gasteiger partial charge < -0.3 is 9.88 Å². The lowest BCUT2D eigenvalue weighted by molar-refractivity contribution is 0.324. The van der Waals surface area contributed by atoms with Gasteiger partial charge in [-0.15, -0.1) is 0 Å². The van der Waals surface area contributed by atoms with E-state index >= 15 is 0 Å². The van der Waals surface area contributed by atoms with E-state index in [0.29, 0.717) is 0 Å². The standard InChI is InChI=1S/C15H20N4/c1-12-3-4-13(9-18-12)19-11-17-10-14(19)15(2)5-7-16-8-6-15/h3-4,9-11,16H,5-8H2,1-2H3. The van der Waals surface area contributed by atoms with Crippen LogP contribution in [0.1, 0.15) is 31.2 Å². The van der Waals surface area contributed by atoms with E-state index in [0.717, 1.165) is 37.3 Å². The van der Waals surface area contributed by atoms with Gasteiger partial charge in [-0.05, 0) is 45.0 Å². The molecular weight excluding hydrogens is 236 g/mol. The number of rotatable bonds is 2. The van der Waals surface area contributed by atoms with E-state index in [4.69, 9.17) is 0 Å². The number of aromatic nitrogens is 3. The van der Waals surface area contributed by atoms with Crippen molar-refractivity contribution in [2.75, 3.05) is 13.1 Å². The van der Waals surface area contributed by atoms with Crippen molar-refractivity contribution in [3.8, 4) is 5.69 Å². The number of hydrogen-bond donors (Lipinski definition) is 1. The average molecular weight is 256 g/mol. The summed E-state index contributed by atoms with van der Waals surface area (Å²) in [6.07, 6.45) is 8.13. The van der Waals surface area contributed by atoms with Crippen molar-refractivity contribution in [3.05, 3.63) is 42.2 Å². The fourth-order valence-corrected chi connectivity index (χ4v) is 2.78. The zero-order valence-electron chi connectivity index (χ0n) is 11.6. The van der Waals surface area contributed by atoms with Crippen LogP contribution in [0.15, 0.2) is 30.9 Å². The van der Waals surface area contributed by atoms with E-state index in [1.807, 2.05) is 31.7 Å². The van der Waals surface area contributed by atoms with Gasteiger partial charge in [0.25, 0.3) is 0 Å². The van der Waals surface area contributed by atoms with Crippen LogP contribution in [0.5, 0.6) is 0 Å². The van der Waals surface area contributed by atoms with Gasteiger partial charge >= 0.3 is 0 Å². The maximum absolute atomic E-state index is 4.38. The molecule has 2 aromatic heterocycles. The van der Waals surface area contributed by atoms with Gasteiger partial charge in [-0.3, -0.25) is 4.98 Å². The molecule has 1 saturated heterocycles. The summed E-state index contributed by atoms with van der Waals surface area (Å²) in [5.74, 6) is 0. The first-order valence-corrected chi connectivity index (χ1v) is 6.86. The molecule has 4 heteroatoms. The smallest absolute Gasteiger partial charge is 0.0994 e. The molecule has 0 radical (unpaired) electrons. The number of hydrogen-bond acceptors (Lipinski definition) is 3. The molecule has 0 amide bonds. The Morgan fingerprint density at radius 2 is 2.00 bits per heavy atom. The zero-order valence-corrected chi connectivity index (χ0v) is 11.6. The molecule has 1 aliphatic rings. The van der Waals surface area contributed by atoms with Crippen LogP contribution < -0.4 is 5.32 Å². The van der Waals surface area contributed by atoms with Crippen LogP contribution in [0.3, 0.4) is 0 Å². The maximum Gasteiger partial charge on any atom is 0.0994 e. The van der Waals surface area contributed by atoms with Crippen LogP contribution in [-0.4, -0.2) is 27.6 Å². The van der Waals surface area contributed by atoms with Gasteiger partial charge in [-0.2, -0.15) is 0 Å². The summed E-state index contributed by atoms with van der Waals surface area (Å²) < 4.78 is 2.18. The minimum absolute atomic E-state index is 0.201. The van der Waals surface area contributed by atoms with Crippen molar-refractivity contribution in [1.82, 2.24) is 19.9 Å². The van der Waals surface area contributed by atoms with Crippen molar-refractivity contribution < 1.29 is 0 Å². The first kappa shape index (κ1) is 12.4. The minimum Gasteiger partial charge on any atom is -0.317 e. The predicted molar refractivity (Wildman–Crippen MR) is 75.6 cm³/mol. The Morgan fingerprint density at radius 3 is 2.68 bits per heavy atom. The van der Waals surface area contributed by atoms with Crippen LogP contribution >= 0.6 is 0 Å². The molecule has 1 aliphatic heterocycles. The van der Waals surface area contributed by atoms with Gasteiger partial charge in [-0.1, -0.05) is 6.92 Å². The minimum atomic E-state index is 0.201. The summed E-state index contributed by atoms with van der Waals surface area (Å²) >= 11 is 0. The number of piperidine rings is 1. The molecule has 1 N–H and O–H groups in total. The van der Waals surface area contributed by atoms with Crippen LogP contribution in [0, 0.1) is 6.92 Å². The van der Waals surface area contributed by atoms with Gasteiger partial charge in [0.15, 0.2) is 0 Å². The van der Waals surface area contributed by atoms with Crippen LogP contribution in [-0.2, 0) is 5.41 Å².